The number of halogens is 1. The summed E-state index contributed by atoms with van der Waals surface area (Å²) in [7, 11) is 0. The molecule has 8 heteroatoms. The number of carbonyl (C=O) groups excluding carboxylic acids is 2. The van der Waals surface area contributed by atoms with Gasteiger partial charge in [0.05, 0.1) is 22.9 Å². The molecule has 7 nitrogen and oxygen atoms in total. The average Bonchev–Trinajstić information content (AvgIpc) is 3.04. The van der Waals surface area contributed by atoms with Crippen LogP contribution in [0.15, 0.2) is 30.3 Å². The zero-order chi connectivity index (χ0) is 19.4. The highest BCUT2D eigenvalue weighted by Crippen LogP contribution is 2.20. The lowest BCUT2D eigenvalue weighted by atomic mass is 10.2. The molecular formula is C19H24ClN5O2. The second-order valence-electron chi connectivity index (χ2n) is 6.58. The molecule has 1 aliphatic heterocycles. The van der Waals surface area contributed by atoms with Crippen molar-refractivity contribution in [2.24, 2.45) is 0 Å². The Morgan fingerprint density at radius 3 is 2.56 bits per heavy atom. The molecule has 1 aromatic carbocycles. The smallest absolute Gasteiger partial charge is 0.272 e. The fourth-order valence-corrected chi connectivity index (χ4v) is 3.37. The number of para-hydroxylation sites is 1. The Bertz CT molecular complexity index is 827. The lowest BCUT2D eigenvalue weighted by Gasteiger charge is -2.34. The molecule has 1 N–H and O–H groups in total. The summed E-state index contributed by atoms with van der Waals surface area (Å²) in [6.07, 6.45) is 0. The predicted molar refractivity (Wildman–Crippen MR) is 105 cm³/mol. The number of aryl methyl sites for hydroxylation is 2. The van der Waals surface area contributed by atoms with E-state index in [2.05, 4.69) is 10.4 Å². The molecule has 0 radical (unpaired) electrons. The highest BCUT2D eigenvalue weighted by Gasteiger charge is 2.25. The van der Waals surface area contributed by atoms with Crippen LogP contribution in [0.5, 0.6) is 0 Å². The summed E-state index contributed by atoms with van der Waals surface area (Å²) in [6.45, 7) is 7.29. The summed E-state index contributed by atoms with van der Waals surface area (Å²) < 4.78 is 1.74. The van der Waals surface area contributed by atoms with Crippen molar-refractivity contribution < 1.29 is 9.59 Å². The van der Waals surface area contributed by atoms with Gasteiger partial charge < -0.3 is 10.2 Å². The van der Waals surface area contributed by atoms with Crippen LogP contribution in [0.1, 0.15) is 23.1 Å². The van der Waals surface area contributed by atoms with Crippen LogP contribution in [0, 0.1) is 6.92 Å². The van der Waals surface area contributed by atoms with Gasteiger partial charge in [-0.15, -0.1) is 0 Å². The third-order valence-electron chi connectivity index (χ3n) is 4.60. The largest absolute Gasteiger partial charge is 0.335 e. The lowest BCUT2D eigenvalue weighted by Crippen LogP contribution is -2.50. The number of nitrogens with one attached hydrogen (secondary N) is 1. The molecule has 2 amide bonds. The number of piperazine rings is 1. The molecule has 0 spiro atoms. The molecule has 27 heavy (non-hydrogen) atoms. The second-order valence-corrected chi connectivity index (χ2v) is 6.99. The molecule has 0 aliphatic carbocycles. The van der Waals surface area contributed by atoms with Crippen molar-refractivity contribution in [3.63, 3.8) is 0 Å². The molecule has 3 rings (SSSR count). The van der Waals surface area contributed by atoms with Gasteiger partial charge in [0.15, 0.2) is 0 Å². The fourth-order valence-electron chi connectivity index (χ4n) is 3.19. The number of rotatable bonds is 5. The Kier molecular flexibility index (Phi) is 6.13. The maximum Gasteiger partial charge on any atom is 0.272 e. The topological polar surface area (TPSA) is 70.5 Å². The molecule has 1 saturated heterocycles. The Labute approximate surface area is 163 Å². The first kappa shape index (κ1) is 19.4. The zero-order valence-corrected chi connectivity index (χ0v) is 16.4. The third-order valence-corrected chi connectivity index (χ3v) is 4.93. The Hall–Kier alpha value is -2.38. The van der Waals surface area contributed by atoms with Crippen molar-refractivity contribution in [1.29, 1.82) is 0 Å². The minimum Gasteiger partial charge on any atom is -0.335 e. The van der Waals surface area contributed by atoms with E-state index >= 15 is 0 Å². The van der Waals surface area contributed by atoms with Crippen LogP contribution in [0.2, 0.25) is 5.02 Å². The molecule has 144 valence electrons. The Morgan fingerprint density at radius 1 is 1.19 bits per heavy atom. The van der Waals surface area contributed by atoms with Crippen molar-refractivity contribution >= 4 is 29.1 Å². The number of amides is 2. The van der Waals surface area contributed by atoms with E-state index in [1.165, 1.54) is 0 Å². The van der Waals surface area contributed by atoms with Crippen molar-refractivity contribution in [2.75, 3.05) is 38.0 Å². The van der Waals surface area contributed by atoms with E-state index in [0.29, 0.717) is 49.1 Å². The highest BCUT2D eigenvalue weighted by molar-refractivity contribution is 6.33. The summed E-state index contributed by atoms with van der Waals surface area (Å²) in [5.41, 5.74) is 2.08. The highest BCUT2D eigenvalue weighted by atomic mass is 35.5. The SMILES string of the molecule is CCn1nc(C)cc1C(=O)N1CCN(CC(=O)Nc2ccccc2Cl)CC1. The van der Waals surface area contributed by atoms with E-state index < -0.39 is 0 Å². The quantitative estimate of drug-likeness (QED) is 0.851. The van der Waals surface area contributed by atoms with Crippen LogP contribution in [-0.4, -0.2) is 64.1 Å². The standard InChI is InChI=1S/C19H24ClN5O2/c1-3-25-17(12-14(2)22-25)19(27)24-10-8-23(9-11-24)13-18(26)21-16-7-5-4-6-15(16)20/h4-7,12H,3,8-11,13H2,1-2H3,(H,21,26). The van der Waals surface area contributed by atoms with Gasteiger partial charge in [0.25, 0.3) is 5.91 Å². The molecule has 0 unspecified atom stereocenters. The molecule has 1 aliphatic rings. The van der Waals surface area contributed by atoms with Gasteiger partial charge in [-0.25, -0.2) is 0 Å². The van der Waals surface area contributed by atoms with Gasteiger partial charge in [0, 0.05) is 32.7 Å². The zero-order valence-electron chi connectivity index (χ0n) is 15.6. The summed E-state index contributed by atoms with van der Waals surface area (Å²) in [6, 6.07) is 8.99. The van der Waals surface area contributed by atoms with Gasteiger partial charge in [0.1, 0.15) is 5.69 Å². The molecule has 2 heterocycles. The number of benzene rings is 1. The van der Waals surface area contributed by atoms with Gasteiger partial charge in [-0.3, -0.25) is 19.2 Å². The minimum atomic E-state index is -0.109. The van der Waals surface area contributed by atoms with Gasteiger partial charge in [0.2, 0.25) is 5.91 Å². The molecule has 0 atom stereocenters. The summed E-state index contributed by atoms with van der Waals surface area (Å²) in [5.74, 6) is -0.111. The van der Waals surface area contributed by atoms with E-state index in [-0.39, 0.29) is 18.4 Å². The molecular weight excluding hydrogens is 366 g/mol. The van der Waals surface area contributed by atoms with Crippen LogP contribution in [0.25, 0.3) is 0 Å². The second kappa shape index (κ2) is 8.54. The molecule has 2 aromatic rings. The van der Waals surface area contributed by atoms with Crippen LogP contribution in [0.4, 0.5) is 5.69 Å². The van der Waals surface area contributed by atoms with Gasteiger partial charge in [-0.2, -0.15) is 5.10 Å². The van der Waals surface area contributed by atoms with Crippen LogP contribution < -0.4 is 5.32 Å². The predicted octanol–water partition coefficient (Wildman–Crippen LogP) is 2.26. The molecule has 1 aromatic heterocycles. The number of carbonyl (C=O) groups is 2. The number of aromatic nitrogens is 2. The maximum atomic E-state index is 12.8. The van der Waals surface area contributed by atoms with Crippen LogP contribution >= 0.6 is 11.6 Å². The van der Waals surface area contributed by atoms with Gasteiger partial charge >= 0.3 is 0 Å². The van der Waals surface area contributed by atoms with Gasteiger partial charge in [-0.1, -0.05) is 23.7 Å². The summed E-state index contributed by atoms with van der Waals surface area (Å²) >= 11 is 6.07. The molecule has 0 bridgehead atoms. The minimum absolute atomic E-state index is 0.00220. The van der Waals surface area contributed by atoms with E-state index in [0.717, 1.165) is 5.69 Å². The first-order chi connectivity index (χ1) is 13.0. The maximum absolute atomic E-state index is 12.8. The van der Waals surface area contributed by atoms with E-state index in [1.807, 2.05) is 41.8 Å². The fraction of sp³-hybridized carbons (Fsp3) is 0.421. The van der Waals surface area contributed by atoms with E-state index in [9.17, 15) is 9.59 Å². The number of nitrogens with zero attached hydrogens (tertiary/aromatic N) is 4. The first-order valence-corrected chi connectivity index (χ1v) is 9.46. The summed E-state index contributed by atoms with van der Waals surface area (Å²) in [4.78, 5) is 28.9. The normalized spacial score (nSPS) is 15.0. The number of hydrogen-bond acceptors (Lipinski definition) is 4. The van der Waals surface area contributed by atoms with Crippen LogP contribution in [0.3, 0.4) is 0 Å². The van der Waals surface area contributed by atoms with E-state index in [4.69, 9.17) is 11.6 Å². The first-order valence-electron chi connectivity index (χ1n) is 9.08. The van der Waals surface area contributed by atoms with Crippen molar-refractivity contribution in [3.8, 4) is 0 Å². The number of hydrogen-bond donors (Lipinski definition) is 1. The van der Waals surface area contributed by atoms with Crippen LogP contribution in [-0.2, 0) is 11.3 Å². The van der Waals surface area contributed by atoms with Crippen molar-refractivity contribution in [1.82, 2.24) is 19.6 Å². The molecule has 1 fully saturated rings. The van der Waals surface area contributed by atoms with Crippen molar-refractivity contribution in [3.05, 3.63) is 46.7 Å². The van der Waals surface area contributed by atoms with Gasteiger partial charge in [-0.05, 0) is 32.0 Å². The monoisotopic (exact) mass is 389 g/mol. The Morgan fingerprint density at radius 2 is 1.89 bits per heavy atom. The van der Waals surface area contributed by atoms with E-state index in [1.54, 1.807) is 16.8 Å². The Balaban J connectivity index is 1.52. The average molecular weight is 390 g/mol. The molecule has 0 saturated carbocycles. The third kappa shape index (κ3) is 4.67. The van der Waals surface area contributed by atoms with Crippen molar-refractivity contribution in [2.45, 2.75) is 20.4 Å². The summed E-state index contributed by atoms with van der Waals surface area (Å²) in [5, 5.41) is 7.69. The number of anilines is 1. The lowest BCUT2D eigenvalue weighted by molar-refractivity contribution is -0.117.